The summed E-state index contributed by atoms with van der Waals surface area (Å²) in [5.74, 6) is 1.43. The molecule has 10 heteroatoms. The summed E-state index contributed by atoms with van der Waals surface area (Å²) in [6.07, 6.45) is 2.52. The van der Waals surface area contributed by atoms with Crippen molar-refractivity contribution in [2.45, 2.75) is 32.0 Å². The number of methoxy groups -OCH3 is 1. The van der Waals surface area contributed by atoms with Crippen LogP contribution in [-0.2, 0) is 17.8 Å². The van der Waals surface area contributed by atoms with E-state index in [-0.39, 0.29) is 11.7 Å². The number of benzene rings is 2. The van der Waals surface area contributed by atoms with Crippen LogP contribution in [0.3, 0.4) is 0 Å². The van der Waals surface area contributed by atoms with Gasteiger partial charge in [-0.25, -0.2) is 4.68 Å². The molecule has 0 atom stereocenters. The van der Waals surface area contributed by atoms with Gasteiger partial charge in [0.05, 0.1) is 31.3 Å². The Kier molecular flexibility index (Phi) is 7.04. The van der Waals surface area contributed by atoms with Gasteiger partial charge in [-0.05, 0) is 52.6 Å². The maximum Gasteiger partial charge on any atom is 0.235 e. The van der Waals surface area contributed by atoms with Gasteiger partial charge in [-0.15, -0.1) is 5.10 Å². The van der Waals surface area contributed by atoms with E-state index >= 15 is 0 Å². The molecule has 0 unspecified atom stereocenters. The van der Waals surface area contributed by atoms with Crippen molar-refractivity contribution in [3.63, 3.8) is 0 Å². The van der Waals surface area contributed by atoms with Crippen LogP contribution in [0.5, 0.6) is 5.75 Å². The van der Waals surface area contributed by atoms with Crippen molar-refractivity contribution in [3.05, 3.63) is 71.4 Å². The van der Waals surface area contributed by atoms with Crippen molar-refractivity contribution in [1.82, 2.24) is 30.0 Å². The van der Waals surface area contributed by atoms with Crippen molar-refractivity contribution in [1.29, 1.82) is 0 Å². The van der Waals surface area contributed by atoms with E-state index in [0.717, 1.165) is 34.5 Å². The Bertz CT molecular complexity index is 1230. The van der Waals surface area contributed by atoms with Gasteiger partial charge in [-0.3, -0.25) is 4.79 Å². The van der Waals surface area contributed by atoms with Crippen LogP contribution in [0.25, 0.3) is 5.69 Å². The van der Waals surface area contributed by atoms with Crippen LogP contribution in [0.15, 0.2) is 59.9 Å². The third-order valence-corrected chi connectivity index (χ3v) is 6.08. The highest BCUT2D eigenvalue weighted by atomic mass is 32.2. The summed E-state index contributed by atoms with van der Waals surface area (Å²) in [5.41, 5.74) is 4.24. The first-order chi connectivity index (χ1) is 16.1. The number of thioether (sulfide) groups is 1. The molecule has 0 bridgehead atoms. The first kappa shape index (κ1) is 22.5. The quantitative estimate of drug-likeness (QED) is 0.379. The van der Waals surface area contributed by atoms with E-state index in [4.69, 9.17) is 4.74 Å². The van der Waals surface area contributed by atoms with Crippen LogP contribution in [0.2, 0.25) is 0 Å². The van der Waals surface area contributed by atoms with Gasteiger partial charge in [0.25, 0.3) is 0 Å². The number of aryl methyl sites for hydroxylation is 2. The largest absolute Gasteiger partial charge is 0.497 e. The van der Waals surface area contributed by atoms with E-state index in [1.54, 1.807) is 28.7 Å². The topological polar surface area (TPSA) is 99.8 Å². The molecular weight excluding hydrogens is 438 g/mol. The lowest BCUT2D eigenvalue weighted by atomic mass is 10.1. The van der Waals surface area contributed by atoms with E-state index in [2.05, 4.69) is 38.9 Å². The number of carbonyl (C=O) groups is 1. The molecule has 0 saturated heterocycles. The Morgan fingerprint density at radius 1 is 1.15 bits per heavy atom. The molecule has 170 valence electrons. The van der Waals surface area contributed by atoms with Crippen LogP contribution in [0.1, 0.15) is 23.6 Å². The fourth-order valence-electron chi connectivity index (χ4n) is 3.50. The summed E-state index contributed by atoms with van der Waals surface area (Å²) in [5, 5.41) is 19.9. The number of anilines is 1. The number of carbonyl (C=O) groups excluding carboxylic acids is 1. The Balaban J connectivity index is 1.41. The molecule has 0 aliphatic heterocycles. The van der Waals surface area contributed by atoms with Crippen LogP contribution in [-0.4, -0.2) is 48.8 Å². The molecule has 9 nitrogen and oxygen atoms in total. The minimum atomic E-state index is -0.161. The van der Waals surface area contributed by atoms with Gasteiger partial charge in [0.2, 0.25) is 11.1 Å². The molecule has 0 aliphatic rings. The molecule has 0 spiro atoms. The smallest absolute Gasteiger partial charge is 0.235 e. The third kappa shape index (κ3) is 5.23. The van der Waals surface area contributed by atoms with Crippen LogP contribution >= 0.6 is 11.8 Å². The van der Waals surface area contributed by atoms with Gasteiger partial charge < -0.3 is 10.1 Å². The van der Waals surface area contributed by atoms with Gasteiger partial charge in [0.15, 0.2) is 0 Å². The number of hydrogen-bond acceptors (Lipinski definition) is 7. The van der Waals surface area contributed by atoms with E-state index in [1.165, 1.54) is 11.8 Å². The third-order valence-electron chi connectivity index (χ3n) is 5.16. The molecule has 2 heterocycles. The number of nitrogens with one attached hydrogen (secondary N) is 1. The maximum atomic E-state index is 12.7. The van der Waals surface area contributed by atoms with Crippen molar-refractivity contribution in [2.24, 2.45) is 0 Å². The van der Waals surface area contributed by atoms with Crippen LogP contribution in [0, 0.1) is 6.92 Å². The van der Waals surface area contributed by atoms with Gasteiger partial charge in [0.1, 0.15) is 11.6 Å². The second-order valence-corrected chi connectivity index (χ2v) is 8.31. The summed E-state index contributed by atoms with van der Waals surface area (Å²) in [7, 11) is 1.64. The lowest BCUT2D eigenvalue weighted by Gasteiger charge is -2.12. The zero-order chi connectivity index (χ0) is 23.2. The zero-order valence-electron chi connectivity index (χ0n) is 18.7. The van der Waals surface area contributed by atoms with E-state index < -0.39 is 0 Å². The van der Waals surface area contributed by atoms with E-state index in [0.29, 0.717) is 17.5 Å². The molecule has 1 N–H and O–H groups in total. The van der Waals surface area contributed by atoms with Crippen molar-refractivity contribution in [2.75, 3.05) is 18.2 Å². The second-order valence-electron chi connectivity index (χ2n) is 7.37. The number of aromatic nitrogens is 6. The lowest BCUT2D eigenvalue weighted by Crippen LogP contribution is -2.18. The second kappa shape index (κ2) is 10.3. The number of tetrazole rings is 1. The predicted octanol–water partition coefficient (Wildman–Crippen LogP) is 3.52. The standard InChI is InChI=1S/C23H25N7O2S/c1-4-18-7-5-6-16(2)22(18)30-23(26-27-28-30)33-15-21(31)25-20-12-13-24-29(20)14-17-8-10-19(32-3)11-9-17/h5-13H,4,14-15H2,1-3H3,(H,25,31). The highest BCUT2D eigenvalue weighted by Crippen LogP contribution is 2.24. The molecule has 4 rings (SSSR count). The number of ether oxygens (including phenoxy) is 1. The summed E-state index contributed by atoms with van der Waals surface area (Å²) in [6, 6.07) is 15.6. The summed E-state index contributed by atoms with van der Waals surface area (Å²) in [6.45, 7) is 4.66. The average Bonchev–Trinajstić information content (AvgIpc) is 3.47. The van der Waals surface area contributed by atoms with Gasteiger partial charge >= 0.3 is 0 Å². The molecule has 0 saturated carbocycles. The van der Waals surface area contributed by atoms with Crippen LogP contribution < -0.4 is 10.1 Å². The van der Waals surface area contributed by atoms with Crippen molar-refractivity contribution < 1.29 is 9.53 Å². The molecule has 0 fully saturated rings. The minimum Gasteiger partial charge on any atom is -0.497 e. The number of amides is 1. The number of para-hydroxylation sites is 1. The Labute approximate surface area is 196 Å². The fourth-order valence-corrected chi connectivity index (χ4v) is 4.17. The summed E-state index contributed by atoms with van der Waals surface area (Å²) in [4.78, 5) is 12.7. The Morgan fingerprint density at radius 3 is 2.73 bits per heavy atom. The van der Waals surface area contributed by atoms with Crippen molar-refractivity contribution >= 4 is 23.5 Å². The monoisotopic (exact) mass is 463 g/mol. The molecule has 0 aliphatic carbocycles. The molecule has 4 aromatic rings. The highest BCUT2D eigenvalue weighted by Gasteiger charge is 2.16. The highest BCUT2D eigenvalue weighted by molar-refractivity contribution is 7.99. The zero-order valence-corrected chi connectivity index (χ0v) is 19.5. The predicted molar refractivity (Wildman–Crippen MR) is 127 cm³/mol. The van der Waals surface area contributed by atoms with Crippen molar-refractivity contribution in [3.8, 4) is 11.4 Å². The number of hydrogen-bond donors (Lipinski definition) is 1. The van der Waals surface area contributed by atoms with E-state index in [1.807, 2.05) is 43.3 Å². The first-order valence-electron chi connectivity index (χ1n) is 10.5. The molecule has 2 aromatic carbocycles. The van der Waals surface area contributed by atoms with E-state index in [9.17, 15) is 4.79 Å². The molecular formula is C23H25N7O2S. The Hall–Kier alpha value is -3.66. The first-order valence-corrected chi connectivity index (χ1v) is 11.5. The van der Waals surface area contributed by atoms with Gasteiger partial charge in [-0.2, -0.15) is 9.78 Å². The minimum absolute atomic E-state index is 0.161. The van der Waals surface area contributed by atoms with Gasteiger partial charge in [-0.1, -0.05) is 49.0 Å². The molecule has 1 amide bonds. The number of rotatable bonds is 9. The molecule has 33 heavy (non-hydrogen) atoms. The maximum absolute atomic E-state index is 12.7. The number of nitrogens with zero attached hydrogens (tertiary/aromatic N) is 6. The lowest BCUT2D eigenvalue weighted by molar-refractivity contribution is -0.113. The Morgan fingerprint density at radius 2 is 1.97 bits per heavy atom. The summed E-state index contributed by atoms with van der Waals surface area (Å²) >= 11 is 1.29. The molecule has 2 aromatic heterocycles. The van der Waals surface area contributed by atoms with Crippen LogP contribution in [0.4, 0.5) is 5.82 Å². The summed E-state index contributed by atoms with van der Waals surface area (Å²) < 4.78 is 8.65. The SMILES string of the molecule is CCc1cccc(C)c1-n1nnnc1SCC(=O)Nc1ccnn1Cc1ccc(OC)cc1. The van der Waals surface area contributed by atoms with Gasteiger partial charge in [0, 0.05) is 6.07 Å². The molecule has 0 radical (unpaired) electrons. The average molecular weight is 464 g/mol. The normalized spacial score (nSPS) is 10.9. The fraction of sp³-hybridized carbons (Fsp3) is 0.261.